The third-order valence-electron chi connectivity index (χ3n) is 3.02. The quantitative estimate of drug-likeness (QED) is 0.839. The van der Waals surface area contributed by atoms with Crippen molar-refractivity contribution in [2.75, 3.05) is 19.5 Å². The van der Waals surface area contributed by atoms with Crippen LogP contribution in [0.1, 0.15) is 5.56 Å². The number of nitrogens with one attached hydrogen (secondary N) is 2. The molecule has 23 heavy (non-hydrogen) atoms. The van der Waals surface area contributed by atoms with E-state index in [1.54, 1.807) is 44.6 Å². The fraction of sp³-hybridized carbons (Fsp3) is 0.188. The Morgan fingerprint density at radius 1 is 1.00 bits per heavy atom. The minimum atomic E-state index is -0.363. The molecule has 0 unspecified atom stereocenters. The topological polar surface area (TPSA) is 59.6 Å². The van der Waals surface area contributed by atoms with E-state index in [4.69, 9.17) is 32.7 Å². The molecular formula is C16H16Cl2N2O3. The van der Waals surface area contributed by atoms with E-state index in [1.165, 1.54) is 0 Å². The van der Waals surface area contributed by atoms with Crippen molar-refractivity contribution in [2.45, 2.75) is 6.54 Å². The van der Waals surface area contributed by atoms with E-state index in [2.05, 4.69) is 10.6 Å². The maximum atomic E-state index is 11.9. The number of hydrogen-bond acceptors (Lipinski definition) is 3. The van der Waals surface area contributed by atoms with Crippen molar-refractivity contribution in [2.24, 2.45) is 0 Å². The highest BCUT2D eigenvalue weighted by molar-refractivity contribution is 6.35. The van der Waals surface area contributed by atoms with Crippen LogP contribution in [0.4, 0.5) is 10.5 Å². The highest BCUT2D eigenvalue weighted by atomic mass is 35.5. The Bertz CT molecular complexity index is 687. The highest BCUT2D eigenvalue weighted by Gasteiger charge is 2.07. The second-order valence-electron chi connectivity index (χ2n) is 4.66. The van der Waals surface area contributed by atoms with E-state index in [9.17, 15) is 4.79 Å². The van der Waals surface area contributed by atoms with Gasteiger partial charge in [-0.05, 0) is 35.9 Å². The van der Waals surface area contributed by atoms with Crippen molar-refractivity contribution in [3.63, 3.8) is 0 Å². The lowest BCUT2D eigenvalue weighted by atomic mass is 10.2. The Kier molecular flexibility index (Phi) is 5.96. The van der Waals surface area contributed by atoms with E-state index in [0.717, 1.165) is 5.56 Å². The van der Waals surface area contributed by atoms with Gasteiger partial charge >= 0.3 is 6.03 Å². The predicted molar refractivity (Wildman–Crippen MR) is 91.9 cm³/mol. The molecule has 2 amide bonds. The van der Waals surface area contributed by atoms with Crippen LogP contribution < -0.4 is 20.1 Å². The average Bonchev–Trinajstić information content (AvgIpc) is 2.51. The molecule has 0 fully saturated rings. The first-order valence-electron chi connectivity index (χ1n) is 6.73. The molecule has 0 aliphatic carbocycles. The fourth-order valence-electron chi connectivity index (χ4n) is 1.97. The predicted octanol–water partition coefficient (Wildman–Crippen LogP) is 4.33. The van der Waals surface area contributed by atoms with Crippen molar-refractivity contribution in [1.82, 2.24) is 5.32 Å². The second-order valence-corrected chi connectivity index (χ2v) is 5.53. The molecular weight excluding hydrogens is 339 g/mol. The van der Waals surface area contributed by atoms with Gasteiger partial charge in [-0.3, -0.25) is 0 Å². The van der Waals surface area contributed by atoms with Gasteiger partial charge in [-0.25, -0.2) is 4.79 Å². The summed E-state index contributed by atoms with van der Waals surface area (Å²) in [6, 6.07) is 9.89. The lowest BCUT2D eigenvalue weighted by Crippen LogP contribution is -2.28. The normalized spacial score (nSPS) is 10.1. The molecule has 2 aromatic carbocycles. The maximum absolute atomic E-state index is 11.9. The van der Waals surface area contributed by atoms with Crippen LogP contribution in [-0.4, -0.2) is 20.3 Å². The SMILES string of the molecule is COc1ccc(CNC(=O)Nc2cc(Cl)cc(Cl)c2)cc1OC. The molecule has 0 spiro atoms. The van der Waals surface area contributed by atoms with Gasteiger partial charge in [0.15, 0.2) is 11.5 Å². The molecule has 7 heteroatoms. The van der Waals surface area contributed by atoms with Gasteiger partial charge in [-0.15, -0.1) is 0 Å². The number of methoxy groups -OCH3 is 2. The van der Waals surface area contributed by atoms with E-state index in [0.29, 0.717) is 33.8 Å². The average molecular weight is 355 g/mol. The van der Waals surface area contributed by atoms with Crippen molar-refractivity contribution < 1.29 is 14.3 Å². The Labute approximate surface area is 144 Å². The smallest absolute Gasteiger partial charge is 0.319 e. The third kappa shape index (κ3) is 4.94. The fourth-order valence-corrected chi connectivity index (χ4v) is 2.50. The molecule has 2 aromatic rings. The monoisotopic (exact) mass is 354 g/mol. The van der Waals surface area contributed by atoms with Crippen LogP contribution in [0.5, 0.6) is 11.5 Å². The number of halogens is 2. The van der Waals surface area contributed by atoms with Crippen LogP contribution in [0.25, 0.3) is 0 Å². The number of ether oxygens (including phenoxy) is 2. The molecule has 2 rings (SSSR count). The molecule has 0 radical (unpaired) electrons. The first-order chi connectivity index (χ1) is 11.0. The Morgan fingerprint density at radius 3 is 2.26 bits per heavy atom. The number of hydrogen-bond donors (Lipinski definition) is 2. The lowest BCUT2D eigenvalue weighted by Gasteiger charge is -2.11. The summed E-state index contributed by atoms with van der Waals surface area (Å²) in [6.45, 7) is 0.334. The van der Waals surface area contributed by atoms with Crippen molar-refractivity contribution >= 4 is 34.9 Å². The maximum Gasteiger partial charge on any atom is 0.319 e. The van der Waals surface area contributed by atoms with Gasteiger partial charge in [0.25, 0.3) is 0 Å². The number of amides is 2. The number of anilines is 1. The molecule has 122 valence electrons. The van der Waals surface area contributed by atoms with Gasteiger partial charge in [0.2, 0.25) is 0 Å². The van der Waals surface area contributed by atoms with Gasteiger partial charge in [-0.2, -0.15) is 0 Å². The van der Waals surface area contributed by atoms with Crippen molar-refractivity contribution in [1.29, 1.82) is 0 Å². The Hall–Kier alpha value is -2.11. The molecule has 0 saturated heterocycles. The van der Waals surface area contributed by atoms with E-state index >= 15 is 0 Å². The largest absolute Gasteiger partial charge is 0.493 e. The van der Waals surface area contributed by atoms with Crippen LogP contribution in [0.15, 0.2) is 36.4 Å². The molecule has 5 nitrogen and oxygen atoms in total. The zero-order chi connectivity index (χ0) is 16.8. The molecule has 2 N–H and O–H groups in total. The second kappa shape index (κ2) is 7.94. The summed E-state index contributed by atoms with van der Waals surface area (Å²) in [5.41, 5.74) is 1.40. The minimum Gasteiger partial charge on any atom is -0.493 e. The van der Waals surface area contributed by atoms with Crippen LogP contribution in [0, 0.1) is 0 Å². The summed E-state index contributed by atoms with van der Waals surface area (Å²) in [6.07, 6.45) is 0. The summed E-state index contributed by atoms with van der Waals surface area (Å²) in [7, 11) is 3.13. The molecule has 0 saturated carbocycles. The zero-order valence-corrected chi connectivity index (χ0v) is 14.2. The lowest BCUT2D eigenvalue weighted by molar-refractivity contribution is 0.251. The van der Waals surface area contributed by atoms with Gasteiger partial charge in [0.1, 0.15) is 0 Å². The first kappa shape index (κ1) is 17.2. The van der Waals surface area contributed by atoms with E-state index in [-0.39, 0.29) is 6.03 Å². The van der Waals surface area contributed by atoms with Crippen LogP contribution in [0.3, 0.4) is 0 Å². The Morgan fingerprint density at radius 2 is 1.65 bits per heavy atom. The van der Waals surface area contributed by atoms with Crippen LogP contribution in [0.2, 0.25) is 10.0 Å². The minimum absolute atomic E-state index is 0.334. The summed E-state index contributed by atoms with van der Waals surface area (Å²) in [4.78, 5) is 11.9. The molecule has 0 aliphatic rings. The Balaban J connectivity index is 1.96. The standard InChI is InChI=1S/C16H16Cl2N2O3/c1-22-14-4-3-10(5-15(14)23-2)9-19-16(21)20-13-7-11(17)6-12(18)8-13/h3-8H,9H2,1-2H3,(H2,19,20,21). The van der Waals surface area contributed by atoms with Gasteiger partial charge in [0.05, 0.1) is 14.2 Å². The van der Waals surface area contributed by atoms with Gasteiger partial charge in [-0.1, -0.05) is 29.3 Å². The van der Waals surface area contributed by atoms with Gasteiger partial charge in [0, 0.05) is 22.3 Å². The summed E-state index contributed by atoms with van der Waals surface area (Å²) in [5.74, 6) is 1.24. The van der Waals surface area contributed by atoms with Crippen LogP contribution in [-0.2, 0) is 6.54 Å². The molecule has 0 heterocycles. The summed E-state index contributed by atoms with van der Waals surface area (Å²) >= 11 is 11.8. The van der Waals surface area contributed by atoms with E-state index < -0.39 is 0 Å². The van der Waals surface area contributed by atoms with Gasteiger partial charge < -0.3 is 20.1 Å². The van der Waals surface area contributed by atoms with Crippen molar-refractivity contribution in [3.8, 4) is 11.5 Å². The number of carbonyl (C=O) groups excluding carboxylic acids is 1. The molecule has 0 aliphatic heterocycles. The molecule has 0 atom stereocenters. The van der Waals surface area contributed by atoms with Crippen LogP contribution >= 0.6 is 23.2 Å². The molecule has 0 aromatic heterocycles. The van der Waals surface area contributed by atoms with E-state index in [1.807, 2.05) is 6.07 Å². The first-order valence-corrected chi connectivity index (χ1v) is 7.49. The number of rotatable bonds is 5. The van der Waals surface area contributed by atoms with Crippen molar-refractivity contribution in [3.05, 3.63) is 52.0 Å². The summed E-state index contributed by atoms with van der Waals surface area (Å²) in [5, 5.41) is 6.32. The number of benzene rings is 2. The third-order valence-corrected chi connectivity index (χ3v) is 3.46. The molecule has 0 bridgehead atoms. The zero-order valence-electron chi connectivity index (χ0n) is 12.7. The number of urea groups is 1. The number of carbonyl (C=O) groups is 1. The summed E-state index contributed by atoms with van der Waals surface area (Å²) < 4.78 is 10.4. The highest BCUT2D eigenvalue weighted by Crippen LogP contribution is 2.27.